The summed E-state index contributed by atoms with van der Waals surface area (Å²) in [6, 6.07) is 17.7. The Morgan fingerprint density at radius 3 is 2.56 bits per heavy atom. The molecule has 0 bridgehead atoms. The van der Waals surface area contributed by atoms with Gasteiger partial charge < -0.3 is 19.6 Å². The Kier molecular flexibility index (Phi) is 5.78. The maximum Gasteiger partial charge on any atom is 0.296 e. The van der Waals surface area contributed by atoms with E-state index in [1.807, 2.05) is 55.5 Å². The molecule has 0 spiro atoms. The number of rotatable bonds is 5. The van der Waals surface area contributed by atoms with Gasteiger partial charge in [-0.3, -0.25) is 0 Å². The van der Waals surface area contributed by atoms with Crippen LogP contribution in [0.5, 0.6) is 6.01 Å². The van der Waals surface area contributed by atoms with E-state index in [1.165, 1.54) is 0 Å². The summed E-state index contributed by atoms with van der Waals surface area (Å²) >= 11 is 12.6. The molecule has 3 heterocycles. The molecular formula is C24H21Cl2N3O3. The molecule has 2 N–H and O–H groups in total. The van der Waals surface area contributed by atoms with Gasteiger partial charge in [0.15, 0.2) is 11.8 Å². The average Bonchev–Trinajstić information content (AvgIpc) is 3.35. The first kappa shape index (κ1) is 21.2. The second kappa shape index (κ2) is 8.71. The third-order valence-electron chi connectivity index (χ3n) is 5.62. The number of pyridine rings is 1. The largest absolute Gasteiger partial charge is 0.456 e. The van der Waals surface area contributed by atoms with Crippen molar-refractivity contribution >= 4 is 34.4 Å². The molecule has 164 valence electrons. The predicted octanol–water partition coefficient (Wildman–Crippen LogP) is 5.52. The second-order valence-corrected chi connectivity index (χ2v) is 8.59. The summed E-state index contributed by atoms with van der Waals surface area (Å²) in [6.07, 6.45) is -0.677. The van der Waals surface area contributed by atoms with Gasteiger partial charge in [0.2, 0.25) is 0 Å². The van der Waals surface area contributed by atoms with Crippen LogP contribution in [0.1, 0.15) is 13.3 Å². The minimum Gasteiger partial charge on any atom is -0.456 e. The topological polar surface area (TPSA) is 80.3 Å². The van der Waals surface area contributed by atoms with E-state index in [4.69, 9.17) is 32.7 Å². The number of aromatic amines is 1. The van der Waals surface area contributed by atoms with Crippen molar-refractivity contribution in [2.75, 3.05) is 6.61 Å². The van der Waals surface area contributed by atoms with Crippen molar-refractivity contribution in [3.05, 3.63) is 64.6 Å². The third-order valence-corrected chi connectivity index (χ3v) is 6.15. The van der Waals surface area contributed by atoms with Gasteiger partial charge in [0, 0.05) is 10.6 Å². The molecule has 3 atom stereocenters. The minimum absolute atomic E-state index is 0.224. The second-order valence-electron chi connectivity index (χ2n) is 7.75. The van der Waals surface area contributed by atoms with E-state index in [1.54, 1.807) is 6.07 Å². The number of hydrogen-bond donors (Lipinski definition) is 2. The number of nitrogens with one attached hydrogen (secondary N) is 1. The number of H-pyrrole nitrogens is 1. The number of imidazole rings is 1. The summed E-state index contributed by atoms with van der Waals surface area (Å²) in [7, 11) is 0. The summed E-state index contributed by atoms with van der Waals surface area (Å²) in [5.41, 5.74) is 4.73. The van der Waals surface area contributed by atoms with Crippen molar-refractivity contribution < 1.29 is 14.6 Å². The summed E-state index contributed by atoms with van der Waals surface area (Å²) in [4.78, 5) is 12.1. The number of benzene rings is 2. The molecule has 5 rings (SSSR count). The first-order valence-electron chi connectivity index (χ1n) is 10.4. The van der Waals surface area contributed by atoms with Crippen LogP contribution in [0.15, 0.2) is 54.6 Å². The lowest BCUT2D eigenvalue weighted by molar-refractivity contribution is 0.0258. The van der Waals surface area contributed by atoms with Gasteiger partial charge in [0.25, 0.3) is 6.01 Å². The fraction of sp³-hybridized carbons (Fsp3) is 0.250. The first-order valence-corrected chi connectivity index (χ1v) is 11.2. The molecule has 0 aliphatic carbocycles. The molecule has 4 aromatic rings. The smallest absolute Gasteiger partial charge is 0.296 e. The summed E-state index contributed by atoms with van der Waals surface area (Å²) in [5.74, 6) is 0. The lowest BCUT2D eigenvalue weighted by Gasteiger charge is -2.15. The molecule has 1 aliphatic heterocycles. The van der Waals surface area contributed by atoms with Crippen LogP contribution in [0.4, 0.5) is 0 Å². The number of hydrogen-bond acceptors (Lipinski definition) is 5. The molecule has 0 amide bonds. The van der Waals surface area contributed by atoms with E-state index in [0.29, 0.717) is 33.5 Å². The zero-order chi connectivity index (χ0) is 22.2. The van der Waals surface area contributed by atoms with Gasteiger partial charge in [-0.2, -0.15) is 4.98 Å². The highest BCUT2D eigenvalue weighted by atomic mass is 35.5. The van der Waals surface area contributed by atoms with Crippen molar-refractivity contribution in [2.45, 2.75) is 31.7 Å². The van der Waals surface area contributed by atoms with Gasteiger partial charge in [-0.15, -0.1) is 0 Å². The van der Waals surface area contributed by atoms with Crippen LogP contribution >= 0.6 is 23.2 Å². The van der Waals surface area contributed by atoms with Crippen molar-refractivity contribution in [3.63, 3.8) is 0 Å². The number of nitrogens with zero attached hydrogens (tertiary/aromatic N) is 2. The normalized spacial score (nSPS) is 20.7. The van der Waals surface area contributed by atoms with E-state index in [-0.39, 0.29) is 12.1 Å². The third kappa shape index (κ3) is 4.07. The van der Waals surface area contributed by atoms with Gasteiger partial charge in [-0.1, -0.05) is 66.5 Å². The Labute approximate surface area is 195 Å². The van der Waals surface area contributed by atoms with Gasteiger partial charge in [-0.25, -0.2) is 4.98 Å². The van der Waals surface area contributed by atoms with E-state index >= 15 is 0 Å². The number of aliphatic hydroxyl groups excluding tert-OH is 1. The average molecular weight is 470 g/mol. The van der Waals surface area contributed by atoms with Crippen molar-refractivity contribution in [3.8, 4) is 28.4 Å². The Morgan fingerprint density at radius 2 is 1.84 bits per heavy atom. The molecular weight excluding hydrogens is 449 g/mol. The van der Waals surface area contributed by atoms with Crippen LogP contribution in [0.2, 0.25) is 10.0 Å². The van der Waals surface area contributed by atoms with Crippen LogP contribution < -0.4 is 4.74 Å². The highest BCUT2D eigenvalue weighted by molar-refractivity contribution is 6.33. The molecule has 0 unspecified atom stereocenters. The highest BCUT2D eigenvalue weighted by Crippen LogP contribution is 2.32. The molecule has 2 aromatic heterocycles. The Balaban J connectivity index is 1.41. The van der Waals surface area contributed by atoms with E-state index in [2.05, 4.69) is 15.0 Å². The Hall–Kier alpha value is -2.64. The summed E-state index contributed by atoms with van der Waals surface area (Å²) in [5, 5.41) is 11.5. The molecule has 0 saturated carbocycles. The maximum absolute atomic E-state index is 10.3. The quantitative estimate of drug-likeness (QED) is 0.402. The predicted molar refractivity (Wildman–Crippen MR) is 125 cm³/mol. The molecule has 0 radical (unpaired) electrons. The van der Waals surface area contributed by atoms with Gasteiger partial charge in [-0.05, 0) is 35.7 Å². The van der Waals surface area contributed by atoms with Crippen molar-refractivity contribution in [2.24, 2.45) is 0 Å². The zero-order valence-electron chi connectivity index (χ0n) is 17.3. The Morgan fingerprint density at radius 1 is 1.06 bits per heavy atom. The van der Waals surface area contributed by atoms with E-state index < -0.39 is 12.2 Å². The van der Waals surface area contributed by atoms with Gasteiger partial charge >= 0.3 is 0 Å². The van der Waals surface area contributed by atoms with Gasteiger partial charge in [0.1, 0.15) is 6.10 Å². The molecule has 1 fully saturated rings. The standard InChI is InChI=1S/C24H21Cl2N3O3/c1-2-19-22(30)20(12-31-19)32-24-27-18-11-17(26)21(28-23(18)29-24)14-8-6-13(7-9-14)15-4-3-5-16(25)10-15/h3-11,19-20,22,30H,2,12H2,1H3,(H,27,28,29)/t19-,20-,22-/m1/s1. The number of halogens is 2. The van der Waals surface area contributed by atoms with Crippen LogP contribution in [0, 0.1) is 0 Å². The van der Waals surface area contributed by atoms with E-state index in [9.17, 15) is 5.11 Å². The lowest BCUT2D eigenvalue weighted by Crippen LogP contribution is -2.34. The number of aliphatic hydroxyl groups is 1. The van der Waals surface area contributed by atoms with E-state index in [0.717, 1.165) is 23.1 Å². The summed E-state index contributed by atoms with van der Waals surface area (Å²) < 4.78 is 11.4. The molecule has 32 heavy (non-hydrogen) atoms. The minimum atomic E-state index is -0.696. The fourth-order valence-corrected chi connectivity index (χ4v) is 4.35. The highest BCUT2D eigenvalue weighted by Gasteiger charge is 2.37. The maximum atomic E-state index is 10.3. The number of fused-ring (bicyclic) bond motifs is 1. The lowest BCUT2D eigenvalue weighted by atomic mass is 10.0. The van der Waals surface area contributed by atoms with Crippen molar-refractivity contribution in [1.29, 1.82) is 0 Å². The fourth-order valence-electron chi connectivity index (χ4n) is 3.90. The summed E-state index contributed by atoms with van der Waals surface area (Å²) in [6.45, 7) is 2.28. The van der Waals surface area contributed by atoms with Crippen molar-refractivity contribution in [1.82, 2.24) is 15.0 Å². The van der Waals surface area contributed by atoms with Crippen LogP contribution in [-0.2, 0) is 4.74 Å². The molecule has 8 heteroatoms. The SMILES string of the molecule is CC[C@H]1OC[C@@H](Oc2nc3nc(-c4ccc(-c5cccc(Cl)c5)cc4)c(Cl)cc3[nH]2)[C@@H]1O. The molecule has 6 nitrogen and oxygen atoms in total. The zero-order valence-corrected chi connectivity index (χ0v) is 18.8. The molecule has 1 aliphatic rings. The number of ether oxygens (including phenoxy) is 2. The molecule has 2 aromatic carbocycles. The van der Waals surface area contributed by atoms with Gasteiger partial charge in [0.05, 0.1) is 28.9 Å². The van der Waals surface area contributed by atoms with Crippen LogP contribution in [0.25, 0.3) is 33.5 Å². The first-order chi connectivity index (χ1) is 15.5. The monoisotopic (exact) mass is 469 g/mol. The molecule has 1 saturated heterocycles. The van der Waals surface area contributed by atoms with Crippen LogP contribution in [-0.4, -0.2) is 45.0 Å². The Bertz CT molecular complexity index is 1260. The van der Waals surface area contributed by atoms with Crippen LogP contribution in [0.3, 0.4) is 0 Å². The number of aromatic nitrogens is 3.